The Hall–Kier alpha value is -2.99. The van der Waals surface area contributed by atoms with Crippen LogP contribution < -0.4 is 5.73 Å². The van der Waals surface area contributed by atoms with E-state index in [0.717, 1.165) is 11.3 Å². The van der Waals surface area contributed by atoms with E-state index in [-0.39, 0.29) is 21.4 Å². The second kappa shape index (κ2) is 10.6. The number of oxime groups is 1. The molecule has 10 nitrogen and oxygen atoms in total. The molecule has 0 bridgehead atoms. The summed E-state index contributed by atoms with van der Waals surface area (Å²) in [6.07, 6.45) is -1.12. The van der Waals surface area contributed by atoms with Crippen LogP contribution in [-0.2, 0) is 33.7 Å². The van der Waals surface area contributed by atoms with Gasteiger partial charge in [0.1, 0.15) is 17.9 Å². The van der Waals surface area contributed by atoms with Crippen molar-refractivity contribution in [2.75, 3.05) is 18.1 Å². The Bertz CT molecular complexity index is 1070. The Morgan fingerprint density at radius 2 is 1.88 bits per heavy atom. The number of benzene rings is 1. The van der Waals surface area contributed by atoms with Gasteiger partial charge in [-0.1, -0.05) is 23.4 Å². The number of nitrogens with zero attached hydrogens (tertiary/aromatic N) is 2. The molecule has 0 amide bonds. The van der Waals surface area contributed by atoms with Gasteiger partial charge >= 0.3 is 11.9 Å². The number of esters is 2. The molecule has 0 saturated heterocycles. The molecule has 1 unspecified atom stereocenters. The summed E-state index contributed by atoms with van der Waals surface area (Å²) in [6, 6.07) is 7.79. The van der Waals surface area contributed by atoms with Gasteiger partial charge in [-0.3, -0.25) is 0 Å². The van der Waals surface area contributed by atoms with Crippen molar-refractivity contribution in [2.24, 2.45) is 5.16 Å². The predicted octanol–water partition coefficient (Wildman–Crippen LogP) is 2.19. The number of ether oxygens (including phenoxy) is 2. The lowest BCUT2D eigenvalue weighted by Crippen LogP contribution is -2.31. The normalized spacial score (nSPS) is 13.3. The van der Waals surface area contributed by atoms with Crippen LogP contribution in [0.3, 0.4) is 0 Å². The van der Waals surface area contributed by atoms with E-state index in [1.165, 1.54) is 24.4 Å². The standard InChI is InChI=1S/C20H25N3O7S2/c1-13(17(24)29-20(2,3)4)30-23-16(15-12-31-19(21)22-15)18(25)28-10-11-32(26,27)14-8-6-5-7-9-14/h5-9,12-13H,10-11H2,1-4H3,(H2,21,22)/b23-16-. The van der Waals surface area contributed by atoms with Crippen molar-refractivity contribution in [2.45, 2.75) is 44.3 Å². The van der Waals surface area contributed by atoms with Crippen LogP contribution in [0, 0.1) is 0 Å². The Labute approximate surface area is 190 Å². The van der Waals surface area contributed by atoms with Gasteiger partial charge in [0.25, 0.3) is 0 Å². The first-order chi connectivity index (χ1) is 14.9. The number of hydrogen-bond acceptors (Lipinski definition) is 11. The number of sulfone groups is 1. The molecular formula is C20H25N3O7S2. The van der Waals surface area contributed by atoms with Gasteiger partial charge in [-0.05, 0) is 39.8 Å². The second-order valence-corrected chi connectivity index (χ2v) is 10.6. The maximum absolute atomic E-state index is 12.6. The second-order valence-electron chi connectivity index (χ2n) is 7.56. The van der Waals surface area contributed by atoms with Crippen LogP contribution >= 0.6 is 11.3 Å². The van der Waals surface area contributed by atoms with Gasteiger partial charge in [0.2, 0.25) is 11.8 Å². The number of rotatable bonds is 9. The molecule has 0 aliphatic heterocycles. The smallest absolute Gasteiger partial charge is 0.362 e. The Morgan fingerprint density at radius 1 is 1.22 bits per heavy atom. The minimum atomic E-state index is -3.64. The number of carbonyl (C=O) groups is 2. The van der Waals surface area contributed by atoms with Crippen LogP contribution in [0.1, 0.15) is 33.4 Å². The van der Waals surface area contributed by atoms with Crippen LogP contribution in [0.4, 0.5) is 5.13 Å². The molecule has 1 aromatic carbocycles. The fourth-order valence-corrected chi connectivity index (χ4v) is 3.86. The lowest BCUT2D eigenvalue weighted by Gasteiger charge is -2.21. The van der Waals surface area contributed by atoms with Gasteiger partial charge in [-0.2, -0.15) is 0 Å². The highest BCUT2D eigenvalue weighted by molar-refractivity contribution is 7.91. The molecule has 0 spiro atoms. The molecule has 2 aromatic rings. The van der Waals surface area contributed by atoms with Crippen molar-refractivity contribution in [1.29, 1.82) is 0 Å². The lowest BCUT2D eigenvalue weighted by molar-refractivity contribution is -0.167. The zero-order chi connectivity index (χ0) is 23.9. The maximum atomic E-state index is 12.6. The van der Waals surface area contributed by atoms with Crippen molar-refractivity contribution in [1.82, 2.24) is 4.98 Å². The van der Waals surface area contributed by atoms with Crippen LogP contribution in [0.5, 0.6) is 0 Å². The minimum Gasteiger partial charge on any atom is -0.460 e. The zero-order valence-corrected chi connectivity index (χ0v) is 19.7. The Balaban J connectivity index is 2.09. The molecule has 0 radical (unpaired) electrons. The topological polar surface area (TPSA) is 147 Å². The number of anilines is 1. The van der Waals surface area contributed by atoms with E-state index < -0.39 is 45.8 Å². The first-order valence-corrected chi connectivity index (χ1v) is 12.1. The first-order valence-electron chi connectivity index (χ1n) is 9.52. The molecule has 12 heteroatoms. The molecule has 174 valence electrons. The van der Waals surface area contributed by atoms with Gasteiger partial charge in [0, 0.05) is 5.38 Å². The molecule has 1 aromatic heterocycles. The van der Waals surface area contributed by atoms with Gasteiger partial charge in [-0.25, -0.2) is 23.0 Å². The Morgan fingerprint density at radius 3 is 2.44 bits per heavy atom. The molecule has 1 atom stereocenters. The van der Waals surface area contributed by atoms with E-state index in [0.29, 0.717) is 0 Å². The molecule has 0 saturated carbocycles. The third kappa shape index (κ3) is 7.61. The lowest BCUT2D eigenvalue weighted by atomic mass is 10.2. The van der Waals surface area contributed by atoms with Crippen molar-refractivity contribution < 1.29 is 32.3 Å². The summed E-state index contributed by atoms with van der Waals surface area (Å²) in [5.74, 6) is -2.08. The summed E-state index contributed by atoms with van der Waals surface area (Å²) in [5, 5.41) is 5.34. The first kappa shape index (κ1) is 25.3. The third-order valence-corrected chi connectivity index (χ3v) is 6.05. The molecule has 0 fully saturated rings. The van der Waals surface area contributed by atoms with Crippen LogP contribution in [0.15, 0.2) is 45.8 Å². The summed E-state index contributed by atoms with van der Waals surface area (Å²) in [4.78, 5) is 33.8. The number of nitrogen functional groups attached to an aromatic ring is 1. The number of thiazole rings is 1. The molecular weight excluding hydrogens is 458 g/mol. The number of nitrogens with two attached hydrogens (primary N) is 1. The number of carbonyl (C=O) groups excluding carboxylic acids is 2. The van der Waals surface area contributed by atoms with Crippen molar-refractivity contribution in [3.8, 4) is 0 Å². The zero-order valence-electron chi connectivity index (χ0n) is 18.1. The molecule has 2 rings (SSSR count). The summed E-state index contributed by atoms with van der Waals surface area (Å²) >= 11 is 1.06. The van der Waals surface area contributed by atoms with Gasteiger partial charge < -0.3 is 20.0 Å². The number of hydrogen-bond donors (Lipinski definition) is 1. The van der Waals surface area contributed by atoms with E-state index in [2.05, 4.69) is 10.1 Å². The van der Waals surface area contributed by atoms with Gasteiger partial charge in [0.15, 0.2) is 15.0 Å². The molecule has 32 heavy (non-hydrogen) atoms. The summed E-state index contributed by atoms with van der Waals surface area (Å²) in [6.45, 7) is 6.08. The van der Waals surface area contributed by atoms with E-state index >= 15 is 0 Å². The molecule has 0 aliphatic rings. The SMILES string of the molecule is CC(O/N=C(\C(=O)OCCS(=O)(=O)c1ccccc1)c1csc(N)n1)C(=O)OC(C)(C)C. The van der Waals surface area contributed by atoms with Crippen LogP contribution in [0.25, 0.3) is 0 Å². The largest absolute Gasteiger partial charge is 0.460 e. The fourth-order valence-electron chi connectivity index (χ4n) is 2.20. The van der Waals surface area contributed by atoms with Crippen molar-refractivity contribution in [3.63, 3.8) is 0 Å². The van der Waals surface area contributed by atoms with E-state index in [1.807, 2.05) is 0 Å². The Kier molecular flexibility index (Phi) is 8.33. The molecule has 1 heterocycles. The van der Waals surface area contributed by atoms with Crippen LogP contribution in [-0.4, -0.2) is 55.1 Å². The summed E-state index contributed by atoms with van der Waals surface area (Å²) < 4.78 is 34.9. The van der Waals surface area contributed by atoms with E-state index in [9.17, 15) is 18.0 Å². The predicted molar refractivity (Wildman–Crippen MR) is 119 cm³/mol. The quantitative estimate of drug-likeness (QED) is 0.322. The maximum Gasteiger partial charge on any atom is 0.362 e. The summed E-state index contributed by atoms with van der Waals surface area (Å²) in [7, 11) is -3.64. The fraction of sp³-hybridized carbons (Fsp3) is 0.400. The molecule has 0 aliphatic carbocycles. The summed E-state index contributed by atoms with van der Waals surface area (Å²) in [5.41, 5.74) is 4.60. The third-order valence-electron chi connectivity index (χ3n) is 3.69. The van der Waals surface area contributed by atoms with Crippen LogP contribution in [0.2, 0.25) is 0 Å². The number of aromatic nitrogens is 1. The monoisotopic (exact) mass is 483 g/mol. The highest BCUT2D eigenvalue weighted by Gasteiger charge is 2.26. The van der Waals surface area contributed by atoms with Crippen molar-refractivity contribution in [3.05, 3.63) is 41.4 Å². The highest BCUT2D eigenvalue weighted by Crippen LogP contribution is 2.15. The van der Waals surface area contributed by atoms with Gasteiger partial charge in [0.05, 0.1) is 10.6 Å². The average Bonchev–Trinajstić information content (AvgIpc) is 3.13. The molecule has 2 N–H and O–H groups in total. The van der Waals surface area contributed by atoms with E-state index in [1.54, 1.807) is 39.0 Å². The minimum absolute atomic E-state index is 0.0693. The van der Waals surface area contributed by atoms with Gasteiger partial charge in [-0.15, -0.1) is 11.3 Å². The average molecular weight is 484 g/mol. The van der Waals surface area contributed by atoms with Crippen molar-refractivity contribution >= 4 is 44.0 Å². The highest BCUT2D eigenvalue weighted by atomic mass is 32.2. The van der Waals surface area contributed by atoms with E-state index in [4.69, 9.17) is 20.0 Å².